The normalized spacial score (nSPS) is 19.4. The fourth-order valence-corrected chi connectivity index (χ4v) is 4.65. The third kappa shape index (κ3) is 4.76. The van der Waals surface area contributed by atoms with Gasteiger partial charge in [-0.3, -0.25) is 9.58 Å². The third-order valence-electron chi connectivity index (χ3n) is 6.42. The lowest BCUT2D eigenvalue weighted by Gasteiger charge is -2.31. The van der Waals surface area contributed by atoms with Gasteiger partial charge < -0.3 is 10.6 Å². The quantitative estimate of drug-likeness (QED) is 0.773. The smallest absolute Gasteiger partial charge is 0.124 e. The number of benzene rings is 1. The molecule has 5 nitrogen and oxygen atoms in total. The molecule has 1 aromatic heterocycles. The Kier molecular flexibility index (Phi) is 6.33. The van der Waals surface area contributed by atoms with Gasteiger partial charge in [-0.05, 0) is 55.8 Å². The number of hydrogen-bond acceptors (Lipinski definition) is 4. The van der Waals surface area contributed by atoms with Crippen molar-refractivity contribution in [3.05, 3.63) is 47.2 Å². The molecule has 2 aromatic rings. The van der Waals surface area contributed by atoms with E-state index in [4.69, 9.17) is 5.10 Å². The van der Waals surface area contributed by atoms with Gasteiger partial charge in [0.1, 0.15) is 5.82 Å². The third-order valence-corrected chi connectivity index (χ3v) is 6.42. The molecule has 2 N–H and O–H groups in total. The van der Waals surface area contributed by atoms with Crippen LogP contribution in [0.3, 0.4) is 0 Å². The van der Waals surface area contributed by atoms with Crippen LogP contribution in [0.5, 0.6) is 0 Å². The van der Waals surface area contributed by atoms with E-state index in [1.165, 1.54) is 61.4 Å². The van der Waals surface area contributed by atoms with Crippen LogP contribution in [0.2, 0.25) is 0 Å². The van der Waals surface area contributed by atoms with E-state index in [2.05, 4.69) is 59.8 Å². The minimum absolute atomic E-state index is 0.569. The lowest BCUT2D eigenvalue weighted by molar-refractivity contribution is 0.209. The van der Waals surface area contributed by atoms with Gasteiger partial charge in [-0.2, -0.15) is 5.10 Å². The number of piperidine rings is 1. The predicted octanol–water partition coefficient (Wildman–Crippen LogP) is 3.21. The molecule has 0 amide bonds. The molecule has 152 valence electrons. The summed E-state index contributed by atoms with van der Waals surface area (Å²) in [5, 5.41) is 11.9. The van der Waals surface area contributed by atoms with Crippen LogP contribution in [0.15, 0.2) is 30.3 Å². The monoisotopic (exact) mass is 381 g/mol. The number of nitrogens with one attached hydrogen (secondary N) is 2. The minimum atomic E-state index is 0.569. The number of hydrogen-bond donors (Lipinski definition) is 2. The first-order valence-electron chi connectivity index (χ1n) is 11.0. The minimum Gasteiger partial charge on any atom is -0.367 e. The van der Waals surface area contributed by atoms with Crippen LogP contribution in [0.4, 0.5) is 5.82 Å². The van der Waals surface area contributed by atoms with Crippen LogP contribution in [0, 0.1) is 5.92 Å². The first-order valence-corrected chi connectivity index (χ1v) is 11.0. The summed E-state index contributed by atoms with van der Waals surface area (Å²) in [6, 6.07) is 11.8. The number of anilines is 1. The van der Waals surface area contributed by atoms with Crippen LogP contribution >= 0.6 is 0 Å². The van der Waals surface area contributed by atoms with Gasteiger partial charge in [0.25, 0.3) is 0 Å². The number of aromatic nitrogens is 2. The Bertz CT molecular complexity index is 762. The van der Waals surface area contributed by atoms with Crippen molar-refractivity contribution in [3.8, 4) is 0 Å². The van der Waals surface area contributed by atoms with E-state index in [1.54, 1.807) is 0 Å². The van der Waals surface area contributed by atoms with Gasteiger partial charge in [0, 0.05) is 38.8 Å². The van der Waals surface area contributed by atoms with E-state index in [0.717, 1.165) is 26.1 Å². The highest BCUT2D eigenvalue weighted by atomic mass is 15.3. The SMILES string of the molecule is CCC(Cc1cc(NC2CCNCC2)n(C)n1)CN1CCc2ccccc2C1. The van der Waals surface area contributed by atoms with Crippen molar-refractivity contribution < 1.29 is 0 Å². The maximum absolute atomic E-state index is 4.81. The zero-order valence-electron chi connectivity index (χ0n) is 17.5. The maximum Gasteiger partial charge on any atom is 0.124 e. The Morgan fingerprint density at radius 1 is 1.21 bits per heavy atom. The van der Waals surface area contributed by atoms with Gasteiger partial charge >= 0.3 is 0 Å². The summed E-state index contributed by atoms with van der Waals surface area (Å²) < 4.78 is 2.03. The van der Waals surface area contributed by atoms with Gasteiger partial charge in [-0.15, -0.1) is 0 Å². The van der Waals surface area contributed by atoms with Crippen molar-refractivity contribution in [1.29, 1.82) is 0 Å². The fraction of sp³-hybridized carbons (Fsp3) is 0.609. The van der Waals surface area contributed by atoms with Crippen molar-refractivity contribution >= 4 is 5.82 Å². The van der Waals surface area contributed by atoms with E-state index >= 15 is 0 Å². The molecule has 3 heterocycles. The van der Waals surface area contributed by atoms with E-state index in [1.807, 2.05) is 4.68 Å². The largest absolute Gasteiger partial charge is 0.367 e. The Morgan fingerprint density at radius 3 is 2.79 bits per heavy atom. The second-order valence-corrected chi connectivity index (χ2v) is 8.55. The molecule has 1 fully saturated rings. The fourth-order valence-electron chi connectivity index (χ4n) is 4.65. The Labute approximate surface area is 169 Å². The molecule has 5 heteroatoms. The Morgan fingerprint density at radius 2 is 2.00 bits per heavy atom. The average molecular weight is 382 g/mol. The summed E-state index contributed by atoms with van der Waals surface area (Å²) in [4.78, 5) is 2.63. The molecule has 1 atom stereocenters. The van der Waals surface area contributed by atoms with Crippen LogP contribution in [-0.4, -0.2) is 46.9 Å². The lowest BCUT2D eigenvalue weighted by Crippen LogP contribution is -2.35. The summed E-state index contributed by atoms with van der Waals surface area (Å²) in [6.07, 6.45) is 5.83. The molecule has 1 saturated heterocycles. The highest BCUT2D eigenvalue weighted by molar-refractivity contribution is 5.38. The van der Waals surface area contributed by atoms with Gasteiger partial charge in [-0.25, -0.2) is 0 Å². The van der Waals surface area contributed by atoms with Crippen molar-refractivity contribution in [2.45, 2.75) is 51.6 Å². The Balaban J connectivity index is 1.34. The average Bonchev–Trinajstić information content (AvgIpc) is 3.07. The van der Waals surface area contributed by atoms with E-state index in [9.17, 15) is 0 Å². The molecule has 0 bridgehead atoms. The number of rotatable bonds is 7. The van der Waals surface area contributed by atoms with Crippen LogP contribution in [0.1, 0.15) is 43.0 Å². The van der Waals surface area contributed by atoms with Crippen molar-refractivity contribution in [2.24, 2.45) is 13.0 Å². The molecule has 2 aliphatic heterocycles. The first-order chi connectivity index (χ1) is 13.7. The van der Waals surface area contributed by atoms with Crippen LogP contribution in [-0.2, 0) is 26.4 Å². The highest BCUT2D eigenvalue weighted by Crippen LogP contribution is 2.22. The summed E-state index contributed by atoms with van der Waals surface area (Å²) in [5.41, 5.74) is 4.27. The molecule has 0 spiro atoms. The molecule has 28 heavy (non-hydrogen) atoms. The zero-order chi connectivity index (χ0) is 19.3. The van der Waals surface area contributed by atoms with Crippen LogP contribution < -0.4 is 10.6 Å². The highest BCUT2D eigenvalue weighted by Gasteiger charge is 2.21. The first kappa shape index (κ1) is 19.5. The van der Waals surface area contributed by atoms with E-state index in [-0.39, 0.29) is 0 Å². The topological polar surface area (TPSA) is 45.1 Å². The molecule has 2 aliphatic rings. The van der Waals surface area contributed by atoms with Crippen molar-refractivity contribution in [3.63, 3.8) is 0 Å². The molecule has 1 aromatic carbocycles. The zero-order valence-corrected chi connectivity index (χ0v) is 17.5. The van der Waals surface area contributed by atoms with Gasteiger partial charge in [0.2, 0.25) is 0 Å². The maximum atomic E-state index is 4.81. The standard InChI is InChI=1S/C23H35N5/c1-3-18(16-28-13-10-19-6-4-5-7-20(19)17-28)14-22-15-23(27(2)26-22)25-21-8-11-24-12-9-21/h4-7,15,18,21,24-25H,3,8-14,16-17H2,1-2H3. The molecule has 0 radical (unpaired) electrons. The van der Waals surface area contributed by atoms with E-state index < -0.39 is 0 Å². The molecule has 0 saturated carbocycles. The van der Waals surface area contributed by atoms with Crippen molar-refractivity contribution in [2.75, 3.05) is 31.5 Å². The number of aryl methyl sites for hydroxylation is 1. The second kappa shape index (κ2) is 9.10. The molecule has 1 unspecified atom stereocenters. The molecular weight excluding hydrogens is 346 g/mol. The van der Waals surface area contributed by atoms with Crippen LogP contribution in [0.25, 0.3) is 0 Å². The Hall–Kier alpha value is -1.85. The summed E-state index contributed by atoms with van der Waals surface area (Å²) in [6.45, 7) is 7.98. The van der Waals surface area contributed by atoms with Crippen molar-refractivity contribution in [1.82, 2.24) is 20.0 Å². The molecule has 4 rings (SSSR count). The van der Waals surface area contributed by atoms with E-state index in [0.29, 0.717) is 12.0 Å². The second-order valence-electron chi connectivity index (χ2n) is 8.55. The van der Waals surface area contributed by atoms with Gasteiger partial charge in [0.05, 0.1) is 5.69 Å². The predicted molar refractivity (Wildman–Crippen MR) is 116 cm³/mol. The summed E-state index contributed by atoms with van der Waals surface area (Å²) in [5.74, 6) is 1.83. The van der Waals surface area contributed by atoms with Gasteiger partial charge in [0.15, 0.2) is 0 Å². The number of nitrogens with zero attached hydrogens (tertiary/aromatic N) is 3. The van der Waals surface area contributed by atoms with Gasteiger partial charge in [-0.1, -0.05) is 37.6 Å². The summed E-state index contributed by atoms with van der Waals surface area (Å²) >= 11 is 0. The number of fused-ring (bicyclic) bond motifs is 1. The molecule has 0 aliphatic carbocycles. The lowest BCUT2D eigenvalue weighted by atomic mass is 9.96. The molecular formula is C23H35N5. The summed E-state index contributed by atoms with van der Waals surface area (Å²) in [7, 11) is 2.06.